The van der Waals surface area contributed by atoms with Gasteiger partial charge in [-0.05, 0) is 5.92 Å². The number of amides is 1. The van der Waals surface area contributed by atoms with Crippen molar-refractivity contribution < 1.29 is 39.9 Å². The summed E-state index contributed by atoms with van der Waals surface area (Å²) in [5, 5.41) is 48.4. The van der Waals surface area contributed by atoms with Crippen LogP contribution in [-0.2, 0) is 14.4 Å². The van der Waals surface area contributed by atoms with Crippen LogP contribution in [0.5, 0.6) is 0 Å². The molecule has 134 valence electrons. The molecule has 0 spiro atoms. The number of aldehydes is 1. The molecule has 0 aliphatic carbocycles. The van der Waals surface area contributed by atoms with Gasteiger partial charge in [-0.1, -0.05) is 13.8 Å². The molecule has 0 rings (SSSR count). The third-order valence-corrected chi connectivity index (χ3v) is 3.77. The number of hydrogen-bond donors (Lipinski definition) is 7. The molecule has 1 amide bonds. The quantitative estimate of drug-likeness (QED) is 0.198. The van der Waals surface area contributed by atoms with Crippen molar-refractivity contribution in [3.8, 4) is 0 Å². The van der Waals surface area contributed by atoms with Gasteiger partial charge in [-0.15, -0.1) is 0 Å². The van der Waals surface area contributed by atoms with Crippen molar-refractivity contribution in [2.24, 2.45) is 17.6 Å². The van der Waals surface area contributed by atoms with Gasteiger partial charge in [0.2, 0.25) is 5.91 Å². The van der Waals surface area contributed by atoms with Crippen LogP contribution in [0.1, 0.15) is 13.8 Å². The number of aliphatic hydroxyl groups excluding tert-OH is 4. The van der Waals surface area contributed by atoms with Crippen LogP contribution in [0, 0.1) is 11.8 Å². The van der Waals surface area contributed by atoms with E-state index in [1.54, 1.807) is 6.92 Å². The number of nitrogens with two attached hydrogens (primary N) is 1. The molecule has 0 fully saturated rings. The third-order valence-electron chi connectivity index (χ3n) is 3.77. The number of nitrogens with one attached hydrogen (secondary N) is 1. The second kappa shape index (κ2) is 9.53. The van der Waals surface area contributed by atoms with Crippen molar-refractivity contribution in [2.45, 2.75) is 44.3 Å². The number of carbonyl (C=O) groups is 3. The number of carboxylic acids is 1. The Kier molecular flexibility index (Phi) is 8.87. The third kappa shape index (κ3) is 6.20. The molecule has 0 aliphatic rings. The number of rotatable bonds is 10. The number of hydrogen-bond acceptors (Lipinski definition) is 8. The van der Waals surface area contributed by atoms with Crippen LogP contribution in [0.25, 0.3) is 0 Å². The van der Waals surface area contributed by atoms with Gasteiger partial charge in [0.15, 0.2) is 6.10 Å². The summed E-state index contributed by atoms with van der Waals surface area (Å²) >= 11 is 0. The molecular weight excluding hydrogens is 312 g/mol. The fraction of sp³-hybridized carbons (Fsp3) is 0.769. The second-order valence-corrected chi connectivity index (χ2v) is 5.44. The summed E-state index contributed by atoms with van der Waals surface area (Å²) in [6, 6.07) is -0.834. The maximum atomic E-state index is 11.9. The second-order valence-electron chi connectivity index (χ2n) is 5.44. The Bertz CT molecular complexity index is 419. The monoisotopic (exact) mass is 336 g/mol. The van der Waals surface area contributed by atoms with Crippen molar-refractivity contribution in [3.63, 3.8) is 0 Å². The Morgan fingerprint density at radius 2 is 1.65 bits per heavy atom. The lowest BCUT2D eigenvalue weighted by Gasteiger charge is -2.26. The summed E-state index contributed by atoms with van der Waals surface area (Å²) in [6.07, 6.45) is -7.58. The molecule has 0 radical (unpaired) electrons. The zero-order valence-electron chi connectivity index (χ0n) is 12.9. The van der Waals surface area contributed by atoms with E-state index in [0.717, 1.165) is 0 Å². The lowest BCUT2D eigenvalue weighted by molar-refractivity contribution is -0.162. The normalized spacial score (nSPS) is 20.5. The molecule has 0 aromatic heterocycles. The summed E-state index contributed by atoms with van der Waals surface area (Å²) in [6.45, 7) is 2.63. The standard InChI is InChI=1S/C13H24N2O8/c1-5(7(14)4-16)6(2)12(21)15-3-8(17)9(18)10(19)11(20)13(22)23/h4-11,17-20H,3,14H2,1-2H3,(H,15,21)(H,22,23). The molecule has 0 bridgehead atoms. The van der Waals surface area contributed by atoms with Gasteiger partial charge in [0.05, 0.1) is 12.1 Å². The highest BCUT2D eigenvalue weighted by atomic mass is 16.4. The first kappa shape index (κ1) is 21.4. The summed E-state index contributed by atoms with van der Waals surface area (Å²) in [7, 11) is 0. The zero-order valence-corrected chi connectivity index (χ0v) is 12.9. The summed E-state index contributed by atoms with van der Waals surface area (Å²) in [4.78, 5) is 32.9. The SMILES string of the molecule is CC(C(=O)NCC(O)C(O)C(O)C(O)C(=O)O)C(C)C(N)C=O. The van der Waals surface area contributed by atoms with Gasteiger partial charge in [0.1, 0.15) is 18.5 Å². The van der Waals surface area contributed by atoms with E-state index in [2.05, 4.69) is 5.32 Å². The molecule has 7 atom stereocenters. The van der Waals surface area contributed by atoms with E-state index in [1.807, 2.05) is 0 Å². The minimum Gasteiger partial charge on any atom is -0.479 e. The molecule has 0 heterocycles. The maximum absolute atomic E-state index is 11.9. The lowest BCUT2D eigenvalue weighted by Crippen LogP contribution is -2.51. The van der Waals surface area contributed by atoms with E-state index in [9.17, 15) is 29.7 Å². The highest BCUT2D eigenvalue weighted by molar-refractivity contribution is 5.79. The van der Waals surface area contributed by atoms with Crippen molar-refractivity contribution in [3.05, 3.63) is 0 Å². The number of aliphatic carboxylic acids is 1. The molecule has 7 unspecified atom stereocenters. The molecule has 23 heavy (non-hydrogen) atoms. The predicted molar refractivity (Wildman–Crippen MR) is 77.0 cm³/mol. The average Bonchev–Trinajstić information content (AvgIpc) is 2.54. The Hall–Kier alpha value is -1.59. The lowest BCUT2D eigenvalue weighted by atomic mass is 9.89. The summed E-state index contributed by atoms with van der Waals surface area (Å²) in [5.74, 6) is -3.43. The fourth-order valence-corrected chi connectivity index (χ4v) is 1.74. The fourth-order valence-electron chi connectivity index (χ4n) is 1.74. The van der Waals surface area contributed by atoms with Crippen molar-refractivity contribution in [1.29, 1.82) is 0 Å². The average molecular weight is 336 g/mol. The predicted octanol–water partition coefficient (Wildman–Crippen LogP) is -3.57. The first-order valence-corrected chi connectivity index (χ1v) is 6.98. The highest BCUT2D eigenvalue weighted by Gasteiger charge is 2.34. The van der Waals surface area contributed by atoms with Gasteiger partial charge in [0.25, 0.3) is 0 Å². The van der Waals surface area contributed by atoms with Gasteiger partial charge in [-0.25, -0.2) is 4.79 Å². The van der Waals surface area contributed by atoms with E-state index in [-0.39, 0.29) is 0 Å². The molecule has 0 saturated carbocycles. The van der Waals surface area contributed by atoms with Crippen molar-refractivity contribution in [1.82, 2.24) is 5.32 Å². The summed E-state index contributed by atoms with van der Waals surface area (Å²) < 4.78 is 0. The largest absolute Gasteiger partial charge is 0.479 e. The zero-order chi connectivity index (χ0) is 18.3. The van der Waals surface area contributed by atoms with Crippen molar-refractivity contribution >= 4 is 18.2 Å². The summed E-state index contributed by atoms with van der Waals surface area (Å²) in [5.41, 5.74) is 5.51. The van der Waals surface area contributed by atoms with E-state index < -0.39 is 60.7 Å². The Morgan fingerprint density at radius 3 is 2.09 bits per heavy atom. The van der Waals surface area contributed by atoms with Gasteiger partial charge in [0, 0.05) is 12.5 Å². The van der Waals surface area contributed by atoms with Crippen LogP contribution in [0.3, 0.4) is 0 Å². The van der Waals surface area contributed by atoms with Gasteiger partial charge in [-0.3, -0.25) is 4.79 Å². The Balaban J connectivity index is 4.52. The molecule has 10 nitrogen and oxygen atoms in total. The minimum absolute atomic E-state index is 0.464. The van der Waals surface area contributed by atoms with E-state index in [4.69, 9.17) is 15.9 Å². The van der Waals surface area contributed by atoms with Crippen LogP contribution < -0.4 is 11.1 Å². The van der Waals surface area contributed by atoms with Crippen LogP contribution in [0.2, 0.25) is 0 Å². The van der Waals surface area contributed by atoms with E-state index in [1.165, 1.54) is 6.92 Å². The molecule has 8 N–H and O–H groups in total. The number of carbonyl (C=O) groups excluding carboxylic acids is 2. The maximum Gasteiger partial charge on any atom is 0.335 e. The molecular formula is C13H24N2O8. The minimum atomic E-state index is -2.28. The van der Waals surface area contributed by atoms with Crippen LogP contribution in [-0.4, -0.2) is 80.7 Å². The Labute approximate surface area is 132 Å². The first-order chi connectivity index (χ1) is 10.5. The smallest absolute Gasteiger partial charge is 0.335 e. The van der Waals surface area contributed by atoms with Gasteiger partial charge >= 0.3 is 5.97 Å². The Morgan fingerprint density at radius 1 is 1.13 bits per heavy atom. The van der Waals surface area contributed by atoms with Crippen LogP contribution in [0.15, 0.2) is 0 Å². The van der Waals surface area contributed by atoms with Gasteiger partial charge < -0.3 is 41.4 Å². The number of aliphatic hydroxyl groups is 4. The van der Waals surface area contributed by atoms with Crippen molar-refractivity contribution in [2.75, 3.05) is 6.54 Å². The van der Waals surface area contributed by atoms with E-state index in [0.29, 0.717) is 6.29 Å². The van der Waals surface area contributed by atoms with Gasteiger partial charge in [-0.2, -0.15) is 0 Å². The number of carboxylic acid groups (broad SMARTS) is 1. The van der Waals surface area contributed by atoms with Crippen LogP contribution in [0.4, 0.5) is 0 Å². The topological polar surface area (TPSA) is 190 Å². The molecule has 0 aromatic rings. The first-order valence-electron chi connectivity index (χ1n) is 6.98. The van der Waals surface area contributed by atoms with Crippen LogP contribution >= 0.6 is 0 Å². The molecule has 0 aliphatic heterocycles. The molecule has 0 aromatic carbocycles. The van der Waals surface area contributed by atoms with E-state index >= 15 is 0 Å². The molecule has 10 heteroatoms. The highest BCUT2D eigenvalue weighted by Crippen LogP contribution is 2.13. The molecule has 0 saturated heterocycles.